The standard InChI is InChI=1S/C34H17NO2/c1-2-8-19-18(7-1)17-22-29-23(13-15-27-30(29)20-9-3-5-11-25(20)36-27)35-24-14-16-28-31(33(24)32(19)34(22)35)21-10-4-6-12-26(21)37-28/h1-17H. The third-order valence-corrected chi connectivity index (χ3v) is 8.29. The van der Waals surface area contributed by atoms with Gasteiger partial charge in [0.25, 0.3) is 0 Å². The van der Waals surface area contributed by atoms with Crippen molar-refractivity contribution in [1.82, 2.24) is 4.40 Å². The Labute approximate surface area is 209 Å². The Morgan fingerprint density at radius 1 is 0.405 bits per heavy atom. The Kier molecular flexibility index (Phi) is 2.98. The second-order valence-electron chi connectivity index (χ2n) is 10.1. The molecule has 0 spiro atoms. The van der Waals surface area contributed by atoms with Crippen LogP contribution in [0, 0.1) is 0 Å². The molecule has 3 nitrogen and oxygen atoms in total. The molecule has 0 bridgehead atoms. The van der Waals surface area contributed by atoms with Crippen LogP contribution in [-0.2, 0) is 0 Å². The Hall–Kier alpha value is -5.02. The maximum Gasteiger partial charge on any atom is 0.136 e. The van der Waals surface area contributed by atoms with E-state index in [9.17, 15) is 0 Å². The fourth-order valence-corrected chi connectivity index (χ4v) is 6.89. The molecule has 0 aliphatic rings. The molecule has 37 heavy (non-hydrogen) atoms. The van der Waals surface area contributed by atoms with Gasteiger partial charge in [-0.3, -0.25) is 0 Å². The van der Waals surface area contributed by atoms with E-state index in [2.05, 4.69) is 95.4 Å². The molecule has 6 aromatic carbocycles. The van der Waals surface area contributed by atoms with Crippen molar-refractivity contribution < 1.29 is 8.83 Å². The van der Waals surface area contributed by atoms with Crippen LogP contribution in [0.1, 0.15) is 0 Å². The number of nitrogens with zero attached hydrogens (tertiary/aromatic N) is 1. The number of hydrogen-bond acceptors (Lipinski definition) is 2. The first-order valence-electron chi connectivity index (χ1n) is 12.6. The minimum Gasteiger partial charge on any atom is -0.456 e. The Bertz CT molecular complexity index is 2570. The predicted octanol–water partition coefficient (Wildman–Crippen LogP) is 9.79. The third-order valence-electron chi connectivity index (χ3n) is 8.29. The highest BCUT2D eigenvalue weighted by Gasteiger charge is 2.25. The summed E-state index contributed by atoms with van der Waals surface area (Å²) in [5.74, 6) is 0. The summed E-state index contributed by atoms with van der Waals surface area (Å²) in [7, 11) is 0. The van der Waals surface area contributed by atoms with Gasteiger partial charge in [-0.1, -0.05) is 60.7 Å². The van der Waals surface area contributed by atoms with Crippen molar-refractivity contribution in [2.24, 2.45) is 0 Å². The highest BCUT2D eigenvalue weighted by molar-refractivity contribution is 6.40. The van der Waals surface area contributed by atoms with Gasteiger partial charge in [0.05, 0.1) is 16.6 Å². The van der Waals surface area contributed by atoms with Gasteiger partial charge in [0.15, 0.2) is 0 Å². The van der Waals surface area contributed by atoms with E-state index in [1.54, 1.807) is 0 Å². The van der Waals surface area contributed by atoms with Crippen LogP contribution in [-0.4, -0.2) is 4.40 Å². The zero-order chi connectivity index (χ0) is 23.8. The van der Waals surface area contributed by atoms with Gasteiger partial charge in [0.1, 0.15) is 22.3 Å². The lowest BCUT2D eigenvalue weighted by molar-refractivity contribution is 0.669. The van der Waals surface area contributed by atoms with E-state index < -0.39 is 0 Å². The third kappa shape index (κ3) is 2.00. The van der Waals surface area contributed by atoms with Gasteiger partial charge in [-0.25, -0.2) is 0 Å². The predicted molar refractivity (Wildman–Crippen MR) is 153 cm³/mol. The minimum atomic E-state index is 0.926. The number of hydrogen-bond donors (Lipinski definition) is 0. The van der Waals surface area contributed by atoms with E-state index in [1.165, 1.54) is 59.6 Å². The summed E-state index contributed by atoms with van der Waals surface area (Å²) < 4.78 is 15.1. The fraction of sp³-hybridized carbons (Fsp3) is 0. The fourth-order valence-electron chi connectivity index (χ4n) is 6.89. The van der Waals surface area contributed by atoms with Gasteiger partial charge >= 0.3 is 0 Å². The summed E-state index contributed by atoms with van der Waals surface area (Å²) in [5.41, 5.74) is 7.39. The number of rotatable bonds is 0. The summed E-state index contributed by atoms with van der Waals surface area (Å²) in [6.07, 6.45) is 0. The van der Waals surface area contributed by atoms with Crippen LogP contribution in [0.25, 0.3) is 92.7 Å². The van der Waals surface area contributed by atoms with Gasteiger partial charge in [0.2, 0.25) is 0 Å². The van der Waals surface area contributed by atoms with E-state index in [0.29, 0.717) is 0 Å². The lowest BCUT2D eigenvalue weighted by atomic mass is 9.97. The second-order valence-corrected chi connectivity index (χ2v) is 10.1. The molecular formula is C34H17NO2. The molecule has 4 aromatic heterocycles. The Morgan fingerprint density at radius 2 is 0.973 bits per heavy atom. The zero-order valence-corrected chi connectivity index (χ0v) is 19.6. The van der Waals surface area contributed by atoms with E-state index in [4.69, 9.17) is 8.83 Å². The highest BCUT2D eigenvalue weighted by Crippen LogP contribution is 2.49. The Morgan fingerprint density at radius 3 is 1.68 bits per heavy atom. The van der Waals surface area contributed by atoms with Gasteiger partial charge in [-0.05, 0) is 53.2 Å². The van der Waals surface area contributed by atoms with Gasteiger partial charge in [-0.2, -0.15) is 0 Å². The van der Waals surface area contributed by atoms with Gasteiger partial charge in [0, 0.05) is 43.1 Å². The molecule has 3 heteroatoms. The molecule has 0 atom stereocenters. The molecule has 4 heterocycles. The van der Waals surface area contributed by atoms with Crippen molar-refractivity contribution in [1.29, 1.82) is 0 Å². The second kappa shape index (κ2) is 6.03. The summed E-state index contributed by atoms with van der Waals surface area (Å²) in [6.45, 7) is 0. The highest BCUT2D eigenvalue weighted by atomic mass is 16.3. The van der Waals surface area contributed by atoms with Crippen LogP contribution in [0.15, 0.2) is 112 Å². The molecule has 0 aliphatic carbocycles. The Balaban J connectivity index is 1.60. The number of fused-ring (bicyclic) bond motifs is 16. The van der Waals surface area contributed by atoms with Gasteiger partial charge < -0.3 is 13.2 Å². The lowest BCUT2D eigenvalue weighted by Crippen LogP contribution is -1.80. The summed E-state index contributed by atoms with van der Waals surface area (Å²) in [6, 6.07) is 36.6. The number of para-hydroxylation sites is 2. The minimum absolute atomic E-state index is 0.926. The molecule has 10 rings (SSSR count). The van der Waals surface area contributed by atoms with Crippen LogP contribution in [0.3, 0.4) is 0 Å². The van der Waals surface area contributed by atoms with E-state index >= 15 is 0 Å². The van der Waals surface area contributed by atoms with Crippen molar-refractivity contribution in [2.75, 3.05) is 0 Å². The van der Waals surface area contributed by atoms with E-state index in [-0.39, 0.29) is 0 Å². The monoisotopic (exact) mass is 471 g/mol. The molecule has 170 valence electrons. The van der Waals surface area contributed by atoms with E-state index in [0.717, 1.165) is 33.1 Å². The molecule has 0 N–H and O–H groups in total. The molecule has 10 aromatic rings. The average molecular weight is 472 g/mol. The number of furan rings is 2. The van der Waals surface area contributed by atoms with Crippen molar-refractivity contribution in [2.45, 2.75) is 0 Å². The maximum atomic E-state index is 6.32. The largest absolute Gasteiger partial charge is 0.456 e. The molecule has 0 radical (unpaired) electrons. The first-order chi connectivity index (χ1) is 18.4. The van der Waals surface area contributed by atoms with Crippen LogP contribution < -0.4 is 0 Å². The van der Waals surface area contributed by atoms with Crippen molar-refractivity contribution in [3.8, 4) is 0 Å². The average Bonchev–Trinajstić information content (AvgIpc) is 3.67. The van der Waals surface area contributed by atoms with E-state index in [1.807, 2.05) is 12.1 Å². The molecule has 0 fully saturated rings. The maximum absolute atomic E-state index is 6.32. The molecule has 0 saturated heterocycles. The summed E-state index contributed by atoms with van der Waals surface area (Å²) in [4.78, 5) is 0. The molecule has 0 aliphatic heterocycles. The van der Waals surface area contributed by atoms with Gasteiger partial charge in [-0.15, -0.1) is 0 Å². The van der Waals surface area contributed by atoms with Crippen molar-refractivity contribution in [3.63, 3.8) is 0 Å². The molecule has 0 amide bonds. The van der Waals surface area contributed by atoms with Crippen LogP contribution in [0.2, 0.25) is 0 Å². The lowest BCUT2D eigenvalue weighted by Gasteiger charge is -2.04. The SMILES string of the molecule is c1ccc2c(c1)cc1c3c4c(ccc3n3c5ccc6oc7ccccc7c6c5c2c13)oc1ccccc14. The molecule has 0 unspecified atom stereocenters. The van der Waals surface area contributed by atoms with Crippen LogP contribution in [0.5, 0.6) is 0 Å². The topological polar surface area (TPSA) is 30.7 Å². The van der Waals surface area contributed by atoms with Crippen LogP contribution in [0.4, 0.5) is 0 Å². The first-order valence-corrected chi connectivity index (χ1v) is 12.6. The normalized spacial score (nSPS) is 12.9. The van der Waals surface area contributed by atoms with Crippen molar-refractivity contribution in [3.05, 3.63) is 103 Å². The number of aromatic nitrogens is 1. The van der Waals surface area contributed by atoms with Crippen molar-refractivity contribution >= 4 is 92.7 Å². The number of benzene rings is 6. The summed E-state index contributed by atoms with van der Waals surface area (Å²) >= 11 is 0. The van der Waals surface area contributed by atoms with Crippen LogP contribution >= 0.6 is 0 Å². The molecular weight excluding hydrogens is 454 g/mol. The molecule has 0 saturated carbocycles. The first kappa shape index (κ1) is 18.3. The summed E-state index contributed by atoms with van der Waals surface area (Å²) in [5, 5.41) is 12.3. The zero-order valence-electron chi connectivity index (χ0n) is 19.6. The smallest absolute Gasteiger partial charge is 0.136 e. The quantitative estimate of drug-likeness (QED) is 0.220.